The molecule has 7 rings (SSSR count). The first-order chi connectivity index (χ1) is 23.5. The molecular formula is C45H39NOS. The summed E-state index contributed by atoms with van der Waals surface area (Å²) >= 11 is 1.80. The number of para-hydroxylation sites is 2. The Morgan fingerprint density at radius 3 is 2.00 bits per heavy atom. The quantitative estimate of drug-likeness (QED) is 0.179. The Kier molecular flexibility index (Phi) is 9.99. The van der Waals surface area contributed by atoms with Crippen molar-refractivity contribution in [3.63, 3.8) is 0 Å². The molecule has 3 heteroatoms. The zero-order valence-corrected chi connectivity index (χ0v) is 28.5. The van der Waals surface area contributed by atoms with Crippen molar-refractivity contribution in [3.05, 3.63) is 180 Å². The van der Waals surface area contributed by atoms with Gasteiger partial charge in [0.05, 0.1) is 0 Å². The van der Waals surface area contributed by atoms with Crippen LogP contribution in [0.25, 0.3) is 56.0 Å². The van der Waals surface area contributed by atoms with Crippen LogP contribution in [0.4, 0.5) is 11.4 Å². The van der Waals surface area contributed by atoms with Gasteiger partial charge in [0.1, 0.15) is 11.3 Å². The van der Waals surface area contributed by atoms with Crippen molar-refractivity contribution in [1.29, 1.82) is 0 Å². The van der Waals surface area contributed by atoms with E-state index in [-0.39, 0.29) is 0 Å². The van der Waals surface area contributed by atoms with E-state index >= 15 is 0 Å². The molecule has 0 aliphatic rings. The Labute approximate surface area is 287 Å². The number of fused-ring (bicyclic) bond motifs is 2. The lowest BCUT2D eigenvalue weighted by Crippen LogP contribution is -1.96. The first-order valence-corrected chi connectivity index (χ1v) is 17.0. The van der Waals surface area contributed by atoms with E-state index in [1.54, 1.807) is 17.4 Å². The van der Waals surface area contributed by atoms with Crippen LogP contribution in [-0.2, 0) is 0 Å². The standard InChI is InChI=1S/C32H27NS.C13H12O/c1-4-9-29-28-11-6-8-13-31(28)34-32(29)23(3)27-10-5-7-12-30(27)33-26-20-18-25(19-21-26)24-16-14-22(2)15-17-24;1-3-7-10-11-8-5-6-9-13(11)14-12(10)4-2/h4-21,33H,3H2,1-2H3;3-9H,2H2,1H3/b9-4-;7-3-. The minimum Gasteiger partial charge on any atom is -0.456 e. The number of thiophene rings is 1. The number of furan rings is 1. The highest BCUT2D eigenvalue weighted by atomic mass is 32.1. The van der Waals surface area contributed by atoms with Gasteiger partial charge in [0.15, 0.2) is 0 Å². The molecule has 5 aromatic carbocycles. The fourth-order valence-electron chi connectivity index (χ4n) is 5.82. The third-order valence-corrected chi connectivity index (χ3v) is 9.47. The molecule has 0 fully saturated rings. The van der Waals surface area contributed by atoms with Gasteiger partial charge in [-0.3, -0.25) is 0 Å². The number of hydrogen-bond acceptors (Lipinski definition) is 3. The average Bonchev–Trinajstić information content (AvgIpc) is 3.68. The summed E-state index contributed by atoms with van der Waals surface area (Å²) in [6, 6.07) is 42.3. The van der Waals surface area contributed by atoms with Crippen molar-refractivity contribution in [2.24, 2.45) is 0 Å². The van der Waals surface area contributed by atoms with Crippen LogP contribution in [0.1, 0.15) is 46.7 Å². The lowest BCUT2D eigenvalue weighted by molar-refractivity contribution is 0.603. The Morgan fingerprint density at radius 2 is 1.29 bits per heavy atom. The molecule has 0 saturated carbocycles. The monoisotopic (exact) mass is 641 g/mol. The molecular weight excluding hydrogens is 603 g/mol. The second-order valence-corrected chi connectivity index (χ2v) is 12.6. The van der Waals surface area contributed by atoms with Gasteiger partial charge in [0.25, 0.3) is 0 Å². The molecule has 7 aromatic rings. The summed E-state index contributed by atoms with van der Waals surface area (Å²) in [6.07, 6.45) is 10.1. The van der Waals surface area contributed by atoms with E-state index in [1.165, 1.54) is 37.2 Å². The fraction of sp³-hybridized carbons (Fsp3) is 0.0667. The number of hydrogen-bond donors (Lipinski definition) is 1. The predicted octanol–water partition coefficient (Wildman–Crippen LogP) is 13.8. The predicted molar refractivity (Wildman–Crippen MR) is 212 cm³/mol. The second kappa shape index (κ2) is 14.8. The van der Waals surface area contributed by atoms with Crippen LogP contribution in [0.15, 0.2) is 151 Å². The lowest BCUT2D eigenvalue weighted by Gasteiger charge is -2.15. The average molecular weight is 642 g/mol. The van der Waals surface area contributed by atoms with Crippen molar-refractivity contribution < 1.29 is 4.42 Å². The smallest absolute Gasteiger partial charge is 0.135 e. The van der Waals surface area contributed by atoms with Gasteiger partial charge in [0.2, 0.25) is 0 Å². The molecule has 2 nitrogen and oxygen atoms in total. The summed E-state index contributed by atoms with van der Waals surface area (Å²) in [5.41, 5.74) is 11.2. The highest BCUT2D eigenvalue weighted by Gasteiger charge is 2.16. The van der Waals surface area contributed by atoms with E-state index in [9.17, 15) is 0 Å². The van der Waals surface area contributed by atoms with Gasteiger partial charge in [-0.05, 0) is 73.9 Å². The van der Waals surface area contributed by atoms with Crippen LogP contribution >= 0.6 is 11.3 Å². The van der Waals surface area contributed by atoms with E-state index in [2.05, 4.69) is 148 Å². The molecule has 236 valence electrons. The van der Waals surface area contributed by atoms with Crippen LogP contribution in [0, 0.1) is 6.92 Å². The number of benzene rings is 5. The van der Waals surface area contributed by atoms with E-state index in [4.69, 9.17) is 4.42 Å². The Morgan fingerprint density at radius 1 is 0.688 bits per heavy atom. The molecule has 48 heavy (non-hydrogen) atoms. The molecule has 0 aliphatic heterocycles. The second-order valence-electron chi connectivity index (χ2n) is 11.5. The topological polar surface area (TPSA) is 25.2 Å². The summed E-state index contributed by atoms with van der Waals surface area (Å²) < 4.78 is 6.91. The molecule has 0 amide bonds. The van der Waals surface area contributed by atoms with Crippen molar-refractivity contribution in [1.82, 2.24) is 0 Å². The SMILES string of the molecule is C=C(c1ccccc1Nc1ccc(-c2ccc(C)cc2)cc1)c1sc2ccccc2c1/C=C\C.C=Cc1oc2ccccc2c1/C=C\C. The van der Waals surface area contributed by atoms with E-state index < -0.39 is 0 Å². The summed E-state index contributed by atoms with van der Waals surface area (Å²) in [5.74, 6) is 0.837. The third kappa shape index (κ3) is 6.88. The van der Waals surface area contributed by atoms with Crippen LogP contribution in [0.2, 0.25) is 0 Å². The van der Waals surface area contributed by atoms with Crippen molar-refractivity contribution in [3.8, 4) is 11.1 Å². The number of nitrogens with one attached hydrogen (secondary N) is 1. The number of anilines is 2. The van der Waals surface area contributed by atoms with E-state index in [0.717, 1.165) is 44.8 Å². The minimum atomic E-state index is 0.837. The van der Waals surface area contributed by atoms with Crippen LogP contribution in [0.3, 0.4) is 0 Å². The van der Waals surface area contributed by atoms with Crippen molar-refractivity contribution >= 4 is 67.6 Å². The number of aryl methyl sites for hydroxylation is 1. The summed E-state index contributed by atoms with van der Waals surface area (Å²) in [7, 11) is 0. The minimum absolute atomic E-state index is 0.837. The van der Waals surface area contributed by atoms with Gasteiger partial charge in [0, 0.05) is 48.4 Å². The summed E-state index contributed by atoms with van der Waals surface area (Å²) in [4.78, 5) is 1.21. The first kappa shape index (κ1) is 32.3. The third-order valence-electron chi connectivity index (χ3n) is 8.22. The van der Waals surface area contributed by atoms with Crippen LogP contribution in [-0.4, -0.2) is 0 Å². The van der Waals surface area contributed by atoms with Gasteiger partial charge in [-0.2, -0.15) is 0 Å². The number of allylic oxidation sites excluding steroid dienone is 2. The van der Waals surface area contributed by atoms with Gasteiger partial charge in [-0.1, -0.05) is 134 Å². The summed E-state index contributed by atoms with van der Waals surface area (Å²) in [6.45, 7) is 14.4. The molecule has 0 radical (unpaired) electrons. The molecule has 0 unspecified atom stereocenters. The molecule has 2 aromatic heterocycles. The Bertz CT molecular complexity index is 2260. The van der Waals surface area contributed by atoms with Gasteiger partial charge < -0.3 is 9.73 Å². The maximum atomic E-state index is 5.63. The summed E-state index contributed by atoms with van der Waals surface area (Å²) in [5, 5.41) is 6.04. The Balaban J connectivity index is 0.000000239. The van der Waals surface area contributed by atoms with Crippen molar-refractivity contribution in [2.75, 3.05) is 5.32 Å². The molecule has 0 atom stereocenters. The maximum Gasteiger partial charge on any atom is 0.135 e. The highest BCUT2D eigenvalue weighted by molar-refractivity contribution is 7.20. The highest BCUT2D eigenvalue weighted by Crippen LogP contribution is 2.41. The molecule has 0 aliphatic carbocycles. The zero-order valence-electron chi connectivity index (χ0n) is 27.7. The van der Waals surface area contributed by atoms with E-state index in [1.807, 2.05) is 37.3 Å². The molecule has 0 spiro atoms. The zero-order chi connectivity index (χ0) is 33.5. The normalized spacial score (nSPS) is 11.2. The lowest BCUT2D eigenvalue weighted by atomic mass is 9.99. The van der Waals surface area contributed by atoms with Crippen LogP contribution < -0.4 is 5.32 Å². The fourth-order valence-corrected chi connectivity index (χ4v) is 7.00. The Hall–Kier alpha value is -5.64. The molecule has 2 heterocycles. The largest absolute Gasteiger partial charge is 0.456 e. The first-order valence-electron chi connectivity index (χ1n) is 16.1. The van der Waals surface area contributed by atoms with Crippen molar-refractivity contribution in [2.45, 2.75) is 20.8 Å². The number of rotatable bonds is 8. The maximum absolute atomic E-state index is 5.63. The van der Waals surface area contributed by atoms with Gasteiger partial charge in [-0.25, -0.2) is 0 Å². The molecule has 0 bridgehead atoms. The van der Waals surface area contributed by atoms with E-state index in [0.29, 0.717) is 0 Å². The van der Waals surface area contributed by atoms with Gasteiger partial charge >= 0.3 is 0 Å². The molecule has 1 N–H and O–H groups in total. The van der Waals surface area contributed by atoms with Gasteiger partial charge in [-0.15, -0.1) is 11.3 Å². The van der Waals surface area contributed by atoms with Crippen LogP contribution in [0.5, 0.6) is 0 Å². The molecule has 0 saturated heterocycles.